The number of hydrogen-bond acceptors (Lipinski definition) is 2. The van der Waals surface area contributed by atoms with E-state index in [1.54, 1.807) is 0 Å². The zero-order valence-electron chi connectivity index (χ0n) is 25.7. The van der Waals surface area contributed by atoms with Gasteiger partial charge >= 0.3 is 0 Å². The summed E-state index contributed by atoms with van der Waals surface area (Å²) in [6.07, 6.45) is 0.468. The zero-order chi connectivity index (χ0) is 32.3. The van der Waals surface area contributed by atoms with Crippen LogP contribution >= 0.6 is 0 Å². The van der Waals surface area contributed by atoms with Gasteiger partial charge in [0.2, 0.25) is 0 Å². The van der Waals surface area contributed by atoms with E-state index in [0.29, 0.717) is 17.8 Å². The van der Waals surface area contributed by atoms with E-state index in [2.05, 4.69) is 47.4 Å². The topological polar surface area (TPSA) is 52.0 Å². The molecular formula is C45H30N2. The molecule has 0 spiro atoms. The SMILES string of the molecule is Nc1cc(C#Cc2ccccc2)c(Cc2c(C#Cc3ccccc3)cc(N)cc2C#Cc2ccccc2)c(C#Cc2ccccc2)c1. The van der Waals surface area contributed by atoms with E-state index < -0.39 is 0 Å². The Kier molecular flexibility index (Phi) is 9.48. The van der Waals surface area contributed by atoms with Gasteiger partial charge in [-0.05, 0) is 83.9 Å². The summed E-state index contributed by atoms with van der Waals surface area (Å²) < 4.78 is 0. The molecule has 0 saturated carbocycles. The van der Waals surface area contributed by atoms with E-state index in [-0.39, 0.29) is 0 Å². The largest absolute Gasteiger partial charge is 0.399 e. The van der Waals surface area contributed by atoms with Crippen LogP contribution in [0.1, 0.15) is 55.6 Å². The van der Waals surface area contributed by atoms with Crippen LogP contribution in [0, 0.1) is 47.4 Å². The van der Waals surface area contributed by atoms with Gasteiger partial charge in [-0.25, -0.2) is 0 Å². The maximum atomic E-state index is 6.47. The van der Waals surface area contributed by atoms with Crippen molar-refractivity contribution in [3.8, 4) is 47.4 Å². The van der Waals surface area contributed by atoms with Crippen LogP contribution in [0.15, 0.2) is 146 Å². The van der Waals surface area contributed by atoms with Crippen molar-refractivity contribution in [2.45, 2.75) is 6.42 Å². The van der Waals surface area contributed by atoms with E-state index in [1.165, 1.54) is 0 Å². The number of nitrogen functional groups attached to an aromatic ring is 2. The van der Waals surface area contributed by atoms with Gasteiger partial charge in [-0.1, -0.05) is 120 Å². The first-order chi connectivity index (χ1) is 23.1. The van der Waals surface area contributed by atoms with Crippen LogP contribution in [0.25, 0.3) is 0 Å². The van der Waals surface area contributed by atoms with Crippen molar-refractivity contribution in [3.63, 3.8) is 0 Å². The van der Waals surface area contributed by atoms with E-state index >= 15 is 0 Å². The van der Waals surface area contributed by atoms with E-state index in [4.69, 9.17) is 11.5 Å². The van der Waals surface area contributed by atoms with Gasteiger partial charge in [-0.2, -0.15) is 0 Å². The lowest BCUT2D eigenvalue weighted by atomic mass is 9.89. The van der Waals surface area contributed by atoms with Crippen molar-refractivity contribution in [1.82, 2.24) is 0 Å². The fourth-order valence-corrected chi connectivity index (χ4v) is 5.04. The molecule has 0 radical (unpaired) electrons. The summed E-state index contributed by atoms with van der Waals surface area (Å²) in [4.78, 5) is 0. The molecular weight excluding hydrogens is 569 g/mol. The molecule has 0 fully saturated rings. The minimum absolute atomic E-state index is 0.468. The molecule has 47 heavy (non-hydrogen) atoms. The molecule has 220 valence electrons. The lowest BCUT2D eigenvalue weighted by molar-refractivity contribution is 1.15. The Morgan fingerprint density at radius 2 is 0.553 bits per heavy atom. The smallest absolute Gasteiger partial charge is 0.0339 e. The quantitative estimate of drug-likeness (QED) is 0.157. The second-order valence-electron chi connectivity index (χ2n) is 10.8. The van der Waals surface area contributed by atoms with Crippen molar-refractivity contribution >= 4 is 11.4 Å². The summed E-state index contributed by atoms with van der Waals surface area (Å²) in [6.45, 7) is 0. The monoisotopic (exact) mass is 598 g/mol. The fraction of sp³-hybridized carbons (Fsp3) is 0.0222. The van der Waals surface area contributed by atoms with Crippen molar-refractivity contribution in [2.75, 3.05) is 11.5 Å². The Hall–Kier alpha value is -6.84. The van der Waals surface area contributed by atoms with Gasteiger partial charge in [0, 0.05) is 62.3 Å². The predicted octanol–water partition coefficient (Wildman–Crippen LogP) is 8.04. The Bertz CT molecular complexity index is 1950. The summed E-state index contributed by atoms with van der Waals surface area (Å²) in [5.74, 6) is 26.9. The van der Waals surface area contributed by atoms with Gasteiger partial charge in [0.1, 0.15) is 0 Å². The van der Waals surface area contributed by atoms with E-state index in [9.17, 15) is 0 Å². The van der Waals surface area contributed by atoms with Gasteiger partial charge in [0.05, 0.1) is 0 Å². The van der Waals surface area contributed by atoms with Crippen LogP contribution in [-0.4, -0.2) is 0 Å². The number of hydrogen-bond donors (Lipinski definition) is 2. The second kappa shape index (κ2) is 14.8. The standard InChI is InChI=1S/C45H30N2/c46-42-29-38(25-21-34-13-5-1-6-14-34)44(39(30-42)26-22-35-15-7-2-8-16-35)33-45-40(27-23-36-17-9-3-10-18-36)31-43(47)32-41(45)28-24-37-19-11-4-12-20-37/h1-20,29-32H,33,46-47H2. The van der Waals surface area contributed by atoms with Gasteiger partial charge in [-0.15, -0.1) is 0 Å². The molecule has 0 aliphatic carbocycles. The van der Waals surface area contributed by atoms with Crippen LogP contribution in [-0.2, 0) is 6.42 Å². The fourth-order valence-electron chi connectivity index (χ4n) is 5.04. The molecule has 6 rings (SSSR count). The highest BCUT2D eigenvalue weighted by molar-refractivity contribution is 5.67. The lowest BCUT2D eigenvalue weighted by Crippen LogP contribution is -2.05. The van der Waals surface area contributed by atoms with Gasteiger partial charge in [0.25, 0.3) is 0 Å². The average Bonchev–Trinajstić information content (AvgIpc) is 3.11. The number of anilines is 2. The number of benzene rings is 6. The Labute approximate surface area is 277 Å². The highest BCUT2D eigenvalue weighted by atomic mass is 14.5. The predicted molar refractivity (Wildman–Crippen MR) is 194 cm³/mol. The van der Waals surface area contributed by atoms with E-state index in [1.807, 2.05) is 146 Å². The summed E-state index contributed by atoms with van der Waals surface area (Å²) >= 11 is 0. The molecule has 2 heteroatoms. The summed E-state index contributed by atoms with van der Waals surface area (Å²) in [6, 6.07) is 47.3. The first-order valence-corrected chi connectivity index (χ1v) is 15.2. The Balaban J connectivity index is 1.56. The third-order valence-electron chi connectivity index (χ3n) is 7.36. The second-order valence-corrected chi connectivity index (χ2v) is 10.8. The molecule has 2 nitrogen and oxygen atoms in total. The minimum Gasteiger partial charge on any atom is -0.399 e. The molecule has 0 atom stereocenters. The van der Waals surface area contributed by atoms with Crippen molar-refractivity contribution in [3.05, 3.63) is 201 Å². The van der Waals surface area contributed by atoms with Crippen LogP contribution < -0.4 is 11.5 Å². The first-order valence-electron chi connectivity index (χ1n) is 15.2. The van der Waals surface area contributed by atoms with Gasteiger partial charge in [0.15, 0.2) is 0 Å². The molecule has 6 aromatic carbocycles. The highest BCUT2D eigenvalue weighted by Crippen LogP contribution is 2.27. The number of rotatable bonds is 2. The van der Waals surface area contributed by atoms with Crippen LogP contribution in [0.4, 0.5) is 11.4 Å². The lowest BCUT2D eigenvalue weighted by Gasteiger charge is -2.14. The third kappa shape index (κ3) is 8.21. The third-order valence-corrected chi connectivity index (χ3v) is 7.36. The van der Waals surface area contributed by atoms with Crippen molar-refractivity contribution < 1.29 is 0 Å². The molecule has 6 aromatic rings. The summed E-state index contributed by atoms with van der Waals surface area (Å²) in [7, 11) is 0. The Morgan fingerprint density at radius 3 is 0.787 bits per heavy atom. The van der Waals surface area contributed by atoms with Crippen molar-refractivity contribution in [1.29, 1.82) is 0 Å². The summed E-state index contributed by atoms with van der Waals surface area (Å²) in [5.41, 5.74) is 22.8. The maximum Gasteiger partial charge on any atom is 0.0339 e. The van der Waals surface area contributed by atoms with Crippen LogP contribution in [0.3, 0.4) is 0 Å². The molecule has 0 aromatic heterocycles. The van der Waals surface area contributed by atoms with Crippen molar-refractivity contribution in [2.24, 2.45) is 0 Å². The normalized spacial score (nSPS) is 9.70. The Morgan fingerprint density at radius 1 is 0.319 bits per heavy atom. The zero-order valence-corrected chi connectivity index (χ0v) is 25.7. The van der Waals surface area contributed by atoms with Crippen LogP contribution in [0.5, 0.6) is 0 Å². The molecule has 0 heterocycles. The van der Waals surface area contributed by atoms with Gasteiger partial charge in [-0.3, -0.25) is 0 Å². The van der Waals surface area contributed by atoms with Crippen LogP contribution in [0.2, 0.25) is 0 Å². The maximum absolute atomic E-state index is 6.47. The molecule has 0 saturated heterocycles. The molecule has 0 aliphatic heterocycles. The van der Waals surface area contributed by atoms with Gasteiger partial charge < -0.3 is 11.5 Å². The molecule has 0 bridgehead atoms. The molecule has 0 unspecified atom stereocenters. The average molecular weight is 599 g/mol. The first kappa shape index (κ1) is 30.2. The minimum atomic E-state index is 0.468. The molecule has 0 aliphatic rings. The highest BCUT2D eigenvalue weighted by Gasteiger charge is 2.15. The summed E-state index contributed by atoms with van der Waals surface area (Å²) in [5, 5.41) is 0. The van der Waals surface area contributed by atoms with E-state index in [0.717, 1.165) is 55.6 Å². The molecule has 0 amide bonds. The molecule has 4 N–H and O–H groups in total. The number of nitrogens with two attached hydrogens (primary N) is 2.